The van der Waals surface area contributed by atoms with Crippen LogP contribution >= 0.6 is 0 Å². The monoisotopic (exact) mass is 296 g/mol. The number of aromatic nitrogens is 3. The number of fused-ring (bicyclic) bond motifs is 1. The molecule has 0 fully saturated rings. The first-order chi connectivity index (χ1) is 10.5. The summed E-state index contributed by atoms with van der Waals surface area (Å²) in [5, 5.41) is 2.85. The Balaban J connectivity index is 1.76. The lowest BCUT2D eigenvalue weighted by molar-refractivity contribution is 0.0934. The van der Waals surface area contributed by atoms with Gasteiger partial charge >= 0.3 is 0 Å². The van der Waals surface area contributed by atoms with Crippen LogP contribution in [-0.2, 0) is 0 Å². The van der Waals surface area contributed by atoms with Crippen molar-refractivity contribution < 1.29 is 9.59 Å². The van der Waals surface area contributed by atoms with E-state index >= 15 is 0 Å². The van der Waals surface area contributed by atoms with E-state index in [0.29, 0.717) is 17.1 Å². The molecule has 1 aromatic carbocycles. The number of ketones is 1. The molecule has 0 radical (unpaired) electrons. The van der Waals surface area contributed by atoms with Gasteiger partial charge in [0, 0.05) is 11.8 Å². The molecule has 0 saturated heterocycles. The number of aromatic amines is 2. The highest BCUT2D eigenvalue weighted by Gasteiger charge is 2.16. The fourth-order valence-electron chi connectivity index (χ4n) is 2.25. The minimum atomic E-state index is -0.277. The van der Waals surface area contributed by atoms with E-state index in [0.717, 1.165) is 11.0 Å². The minimum Gasteiger partial charge on any atom is -0.356 e. The van der Waals surface area contributed by atoms with Crippen LogP contribution in [0.5, 0.6) is 0 Å². The van der Waals surface area contributed by atoms with Gasteiger partial charge in [-0.15, -0.1) is 0 Å². The van der Waals surface area contributed by atoms with Crippen LogP contribution in [0.15, 0.2) is 36.5 Å². The summed E-state index contributed by atoms with van der Waals surface area (Å²) in [6, 6.07) is 8.96. The van der Waals surface area contributed by atoms with Gasteiger partial charge in [-0.1, -0.05) is 12.1 Å². The molecule has 2 aromatic heterocycles. The maximum absolute atomic E-state index is 12.2. The average molecular weight is 296 g/mol. The van der Waals surface area contributed by atoms with E-state index in [-0.39, 0.29) is 17.7 Å². The van der Waals surface area contributed by atoms with Crippen LogP contribution in [0.2, 0.25) is 0 Å². The first-order valence-electron chi connectivity index (χ1n) is 6.99. The summed E-state index contributed by atoms with van der Waals surface area (Å²) in [6.07, 6.45) is 1.53. The van der Waals surface area contributed by atoms with Crippen molar-refractivity contribution in [3.05, 3.63) is 53.6 Å². The number of amides is 1. The van der Waals surface area contributed by atoms with E-state index < -0.39 is 0 Å². The van der Waals surface area contributed by atoms with Crippen molar-refractivity contribution in [2.24, 2.45) is 0 Å². The molecule has 6 nitrogen and oxygen atoms in total. The summed E-state index contributed by atoms with van der Waals surface area (Å²) >= 11 is 0. The number of H-pyrrole nitrogens is 2. The lowest BCUT2D eigenvalue weighted by Crippen LogP contribution is -2.27. The van der Waals surface area contributed by atoms with Gasteiger partial charge in [-0.2, -0.15) is 0 Å². The number of nitrogens with one attached hydrogen (secondary N) is 3. The Kier molecular flexibility index (Phi) is 3.50. The Morgan fingerprint density at radius 2 is 2.05 bits per heavy atom. The van der Waals surface area contributed by atoms with Crippen LogP contribution in [0.25, 0.3) is 11.0 Å². The van der Waals surface area contributed by atoms with Gasteiger partial charge in [0.25, 0.3) is 5.91 Å². The molecular weight excluding hydrogens is 280 g/mol. The lowest BCUT2D eigenvalue weighted by Gasteiger charge is -2.10. The number of carbonyl (C=O) groups is 2. The second-order valence-electron chi connectivity index (χ2n) is 5.19. The third-order valence-corrected chi connectivity index (χ3v) is 3.50. The molecule has 0 bridgehead atoms. The second kappa shape index (κ2) is 5.48. The molecule has 0 aliphatic rings. The molecule has 3 aromatic rings. The third-order valence-electron chi connectivity index (χ3n) is 3.50. The molecule has 6 heteroatoms. The first kappa shape index (κ1) is 14.1. The molecule has 0 unspecified atom stereocenters. The summed E-state index contributed by atoms with van der Waals surface area (Å²) < 4.78 is 0. The number of imidazole rings is 1. The Labute approximate surface area is 127 Å². The summed E-state index contributed by atoms with van der Waals surface area (Å²) in [4.78, 5) is 33.9. The lowest BCUT2D eigenvalue weighted by atomic mass is 10.2. The number of hydrogen-bond donors (Lipinski definition) is 3. The smallest absolute Gasteiger partial charge is 0.268 e. The number of para-hydroxylation sites is 2. The zero-order chi connectivity index (χ0) is 15.7. The van der Waals surface area contributed by atoms with Crippen LogP contribution in [-0.4, -0.2) is 26.6 Å². The van der Waals surface area contributed by atoms with E-state index in [1.807, 2.05) is 31.2 Å². The largest absolute Gasteiger partial charge is 0.356 e. The van der Waals surface area contributed by atoms with Crippen molar-refractivity contribution in [2.45, 2.75) is 19.9 Å². The molecule has 112 valence electrons. The van der Waals surface area contributed by atoms with Crippen LogP contribution in [0.3, 0.4) is 0 Å². The van der Waals surface area contributed by atoms with Gasteiger partial charge in [-0.05, 0) is 32.0 Å². The zero-order valence-corrected chi connectivity index (χ0v) is 12.3. The van der Waals surface area contributed by atoms with Crippen molar-refractivity contribution in [1.29, 1.82) is 0 Å². The second-order valence-corrected chi connectivity index (χ2v) is 5.19. The number of nitrogens with zero attached hydrogens (tertiary/aromatic N) is 1. The highest BCUT2D eigenvalue weighted by Crippen LogP contribution is 2.16. The van der Waals surface area contributed by atoms with Crippen molar-refractivity contribution in [3.8, 4) is 0 Å². The molecule has 1 amide bonds. The minimum absolute atomic E-state index is 0.0827. The van der Waals surface area contributed by atoms with Gasteiger partial charge in [-0.3, -0.25) is 9.59 Å². The van der Waals surface area contributed by atoms with Gasteiger partial charge in [0.15, 0.2) is 5.78 Å². The maximum atomic E-state index is 12.2. The normalized spacial score (nSPS) is 12.3. The van der Waals surface area contributed by atoms with Gasteiger partial charge < -0.3 is 15.3 Å². The molecular formula is C16H16N4O2. The molecule has 0 saturated carbocycles. The summed E-state index contributed by atoms with van der Waals surface area (Å²) in [5.41, 5.74) is 2.63. The van der Waals surface area contributed by atoms with E-state index in [1.54, 1.807) is 6.07 Å². The Morgan fingerprint density at radius 1 is 1.27 bits per heavy atom. The topological polar surface area (TPSA) is 90.6 Å². The number of carbonyl (C=O) groups excluding carboxylic acids is 2. The third kappa shape index (κ3) is 2.63. The highest BCUT2D eigenvalue weighted by molar-refractivity contribution is 5.99. The molecule has 0 aliphatic heterocycles. The van der Waals surface area contributed by atoms with Crippen LogP contribution < -0.4 is 5.32 Å². The standard InChI is InChI=1S/C16H16N4O2/c1-9(15-19-12-5-3-4-6-13(12)20-15)18-16(22)14-7-11(8-17-14)10(2)21/h3-9,17H,1-2H3,(H,18,22)(H,19,20)/t9-/m1/s1. The van der Waals surface area contributed by atoms with Crippen LogP contribution in [0.1, 0.15) is 46.6 Å². The van der Waals surface area contributed by atoms with Crippen molar-refractivity contribution in [2.75, 3.05) is 0 Å². The van der Waals surface area contributed by atoms with Crippen LogP contribution in [0, 0.1) is 0 Å². The number of benzene rings is 1. The summed E-state index contributed by atoms with van der Waals surface area (Å²) in [6.45, 7) is 3.31. The van der Waals surface area contributed by atoms with Gasteiger partial charge in [-0.25, -0.2) is 4.98 Å². The van der Waals surface area contributed by atoms with E-state index in [2.05, 4.69) is 20.3 Å². The average Bonchev–Trinajstić information content (AvgIpc) is 3.14. The quantitative estimate of drug-likeness (QED) is 0.646. The summed E-state index contributed by atoms with van der Waals surface area (Å²) in [7, 11) is 0. The fraction of sp³-hybridized carbons (Fsp3) is 0.188. The Hall–Kier alpha value is -2.89. The molecule has 2 heterocycles. The van der Waals surface area contributed by atoms with Crippen molar-refractivity contribution in [1.82, 2.24) is 20.3 Å². The predicted octanol–water partition coefficient (Wildman–Crippen LogP) is 2.58. The Morgan fingerprint density at radius 3 is 2.73 bits per heavy atom. The van der Waals surface area contributed by atoms with Crippen molar-refractivity contribution >= 4 is 22.7 Å². The van der Waals surface area contributed by atoms with Crippen LogP contribution in [0.4, 0.5) is 0 Å². The molecule has 22 heavy (non-hydrogen) atoms. The number of hydrogen-bond acceptors (Lipinski definition) is 3. The van der Waals surface area contributed by atoms with E-state index in [9.17, 15) is 9.59 Å². The highest BCUT2D eigenvalue weighted by atomic mass is 16.2. The summed E-state index contributed by atoms with van der Waals surface area (Å²) in [5.74, 6) is 0.328. The molecule has 0 aliphatic carbocycles. The predicted molar refractivity (Wildman–Crippen MR) is 82.8 cm³/mol. The fourth-order valence-corrected chi connectivity index (χ4v) is 2.25. The Bertz CT molecular complexity index is 814. The first-order valence-corrected chi connectivity index (χ1v) is 6.99. The molecule has 3 rings (SSSR count). The number of rotatable bonds is 4. The van der Waals surface area contributed by atoms with Gasteiger partial charge in [0.2, 0.25) is 0 Å². The number of Topliss-reactive ketones (excluding diaryl/α,β-unsaturated/α-hetero) is 1. The van der Waals surface area contributed by atoms with E-state index in [4.69, 9.17) is 0 Å². The van der Waals surface area contributed by atoms with E-state index in [1.165, 1.54) is 13.1 Å². The zero-order valence-electron chi connectivity index (χ0n) is 12.3. The molecule has 0 spiro atoms. The maximum Gasteiger partial charge on any atom is 0.268 e. The van der Waals surface area contributed by atoms with Crippen molar-refractivity contribution in [3.63, 3.8) is 0 Å². The van der Waals surface area contributed by atoms with Gasteiger partial charge in [0.1, 0.15) is 11.5 Å². The molecule has 3 N–H and O–H groups in total. The SMILES string of the molecule is CC(=O)c1c[nH]c(C(=O)N[C@H](C)c2nc3ccccc3[nH]2)c1. The molecule has 1 atom stereocenters. The van der Waals surface area contributed by atoms with Gasteiger partial charge in [0.05, 0.1) is 17.1 Å².